The average molecular weight is 261 g/mol. The molecule has 0 radical (unpaired) electrons. The van der Waals surface area contributed by atoms with Crippen molar-refractivity contribution in [3.63, 3.8) is 0 Å². The van der Waals surface area contributed by atoms with Gasteiger partial charge < -0.3 is 9.84 Å². The second-order valence-electron chi connectivity index (χ2n) is 4.10. The van der Waals surface area contributed by atoms with Crippen molar-refractivity contribution in [3.05, 3.63) is 47.8 Å². The Kier molecular flexibility index (Phi) is 4.25. The molecule has 1 aromatic carbocycles. The molecule has 6 nitrogen and oxygen atoms in total. The number of nitrogens with zero attached hydrogens (tertiary/aromatic N) is 3. The van der Waals surface area contributed by atoms with Crippen molar-refractivity contribution in [2.45, 2.75) is 19.6 Å². The second kappa shape index (κ2) is 6.10. The van der Waals surface area contributed by atoms with Gasteiger partial charge in [0, 0.05) is 0 Å². The van der Waals surface area contributed by atoms with Crippen molar-refractivity contribution in [2.75, 3.05) is 6.61 Å². The molecule has 2 aromatic rings. The number of hydrogen-bond acceptors (Lipinski definition) is 4. The number of aromatic nitrogens is 3. The van der Waals surface area contributed by atoms with E-state index < -0.39 is 5.97 Å². The summed E-state index contributed by atoms with van der Waals surface area (Å²) in [5.74, 6) is -1.08. The van der Waals surface area contributed by atoms with Crippen LogP contribution >= 0.6 is 0 Å². The van der Waals surface area contributed by atoms with E-state index in [4.69, 9.17) is 9.84 Å². The zero-order valence-corrected chi connectivity index (χ0v) is 10.6. The number of carbonyl (C=O) groups is 1. The predicted octanol–water partition coefficient (Wildman–Crippen LogP) is 1.75. The Balaban J connectivity index is 1.81. The van der Waals surface area contributed by atoms with Crippen molar-refractivity contribution >= 4 is 5.97 Å². The van der Waals surface area contributed by atoms with Gasteiger partial charge in [0.15, 0.2) is 5.69 Å². The Labute approximate surface area is 110 Å². The minimum absolute atomic E-state index is 0.0105. The van der Waals surface area contributed by atoms with E-state index in [0.717, 1.165) is 5.56 Å². The van der Waals surface area contributed by atoms with E-state index in [1.165, 1.54) is 10.9 Å². The van der Waals surface area contributed by atoms with Gasteiger partial charge in [0.1, 0.15) is 0 Å². The second-order valence-corrected chi connectivity index (χ2v) is 4.10. The predicted molar refractivity (Wildman–Crippen MR) is 67.8 cm³/mol. The van der Waals surface area contributed by atoms with E-state index in [9.17, 15) is 4.79 Å². The molecular formula is C13H15N3O3. The number of carboxylic acids is 1. The van der Waals surface area contributed by atoms with Gasteiger partial charge in [-0.25, -0.2) is 9.48 Å². The van der Waals surface area contributed by atoms with Crippen molar-refractivity contribution in [1.82, 2.24) is 15.0 Å². The first-order valence-corrected chi connectivity index (χ1v) is 5.97. The lowest BCUT2D eigenvalue weighted by molar-refractivity contribution is 0.0579. The van der Waals surface area contributed by atoms with Crippen LogP contribution in [0.4, 0.5) is 0 Å². The molecule has 100 valence electrons. The van der Waals surface area contributed by atoms with Gasteiger partial charge in [-0.2, -0.15) is 0 Å². The Morgan fingerprint density at radius 3 is 2.79 bits per heavy atom. The van der Waals surface area contributed by atoms with Crippen LogP contribution in [0.1, 0.15) is 29.1 Å². The number of ether oxygens (including phenoxy) is 1. The zero-order chi connectivity index (χ0) is 13.7. The average Bonchev–Trinajstić information content (AvgIpc) is 2.89. The van der Waals surface area contributed by atoms with Crippen LogP contribution in [-0.4, -0.2) is 32.7 Å². The van der Waals surface area contributed by atoms with Gasteiger partial charge in [0.25, 0.3) is 0 Å². The largest absolute Gasteiger partial charge is 0.476 e. The summed E-state index contributed by atoms with van der Waals surface area (Å²) < 4.78 is 7.13. The molecule has 0 saturated heterocycles. The third-order valence-electron chi connectivity index (χ3n) is 2.71. The molecule has 2 rings (SSSR count). The van der Waals surface area contributed by atoms with Crippen LogP contribution in [0.5, 0.6) is 0 Å². The number of benzene rings is 1. The molecule has 0 saturated carbocycles. The number of hydrogen-bond donors (Lipinski definition) is 1. The van der Waals surface area contributed by atoms with E-state index in [0.29, 0.717) is 13.2 Å². The van der Waals surface area contributed by atoms with Crippen molar-refractivity contribution < 1.29 is 14.6 Å². The molecule has 0 aliphatic carbocycles. The quantitative estimate of drug-likeness (QED) is 0.857. The lowest BCUT2D eigenvalue weighted by atomic mass is 10.1. The van der Waals surface area contributed by atoms with Crippen LogP contribution in [-0.2, 0) is 11.3 Å². The van der Waals surface area contributed by atoms with Gasteiger partial charge in [0.2, 0.25) is 0 Å². The smallest absolute Gasteiger partial charge is 0.358 e. The van der Waals surface area contributed by atoms with Gasteiger partial charge >= 0.3 is 5.97 Å². The fourth-order valence-electron chi connectivity index (χ4n) is 1.65. The van der Waals surface area contributed by atoms with E-state index in [2.05, 4.69) is 10.3 Å². The lowest BCUT2D eigenvalue weighted by Crippen LogP contribution is -2.09. The Morgan fingerprint density at radius 1 is 1.42 bits per heavy atom. The molecule has 1 unspecified atom stereocenters. The Bertz CT molecular complexity index is 539. The summed E-state index contributed by atoms with van der Waals surface area (Å²) in [5.41, 5.74) is 1.04. The van der Waals surface area contributed by atoms with Crippen LogP contribution in [0.2, 0.25) is 0 Å². The van der Waals surface area contributed by atoms with Crippen LogP contribution in [0.3, 0.4) is 0 Å². The summed E-state index contributed by atoms with van der Waals surface area (Å²) in [7, 11) is 0. The first-order chi connectivity index (χ1) is 9.16. The fourth-order valence-corrected chi connectivity index (χ4v) is 1.65. The van der Waals surface area contributed by atoms with Crippen molar-refractivity contribution in [3.8, 4) is 0 Å². The van der Waals surface area contributed by atoms with Crippen LogP contribution in [0.15, 0.2) is 36.5 Å². The van der Waals surface area contributed by atoms with Crippen LogP contribution in [0.25, 0.3) is 0 Å². The molecule has 1 atom stereocenters. The number of rotatable bonds is 6. The molecule has 0 fully saturated rings. The third kappa shape index (κ3) is 3.62. The maximum atomic E-state index is 10.6. The van der Waals surface area contributed by atoms with Gasteiger partial charge in [-0.15, -0.1) is 5.10 Å². The monoisotopic (exact) mass is 261 g/mol. The molecule has 1 aromatic heterocycles. The topological polar surface area (TPSA) is 77.2 Å². The summed E-state index contributed by atoms with van der Waals surface area (Å²) in [4.78, 5) is 10.6. The first kappa shape index (κ1) is 13.2. The van der Waals surface area contributed by atoms with Gasteiger partial charge in [-0.05, 0) is 12.5 Å². The maximum Gasteiger partial charge on any atom is 0.358 e. The standard InChI is InChI=1S/C13H15N3O3/c1-10(11-5-3-2-4-6-11)19-8-7-16-9-12(13(17)18)14-15-16/h2-6,9-10H,7-8H2,1H3,(H,17,18). The normalized spacial score (nSPS) is 12.3. The fraction of sp³-hybridized carbons (Fsp3) is 0.308. The Hall–Kier alpha value is -2.21. The highest BCUT2D eigenvalue weighted by Crippen LogP contribution is 2.15. The highest BCUT2D eigenvalue weighted by molar-refractivity contribution is 5.84. The number of aromatic carboxylic acids is 1. The van der Waals surface area contributed by atoms with Crippen molar-refractivity contribution in [1.29, 1.82) is 0 Å². The van der Waals surface area contributed by atoms with E-state index in [1.54, 1.807) is 0 Å². The van der Waals surface area contributed by atoms with E-state index in [-0.39, 0.29) is 11.8 Å². The zero-order valence-electron chi connectivity index (χ0n) is 10.6. The molecule has 0 aliphatic rings. The highest BCUT2D eigenvalue weighted by atomic mass is 16.5. The lowest BCUT2D eigenvalue weighted by Gasteiger charge is -2.12. The van der Waals surface area contributed by atoms with Gasteiger partial charge in [-0.1, -0.05) is 35.5 Å². The molecular weight excluding hydrogens is 246 g/mol. The summed E-state index contributed by atoms with van der Waals surface area (Å²) in [6, 6.07) is 9.89. The Morgan fingerprint density at radius 2 is 2.16 bits per heavy atom. The minimum atomic E-state index is -1.08. The summed E-state index contributed by atoms with van der Waals surface area (Å²) in [6.45, 7) is 2.88. The maximum absolute atomic E-state index is 10.6. The van der Waals surface area contributed by atoms with E-state index in [1.807, 2.05) is 37.3 Å². The minimum Gasteiger partial charge on any atom is -0.476 e. The number of carboxylic acid groups (broad SMARTS) is 1. The van der Waals surface area contributed by atoms with E-state index >= 15 is 0 Å². The summed E-state index contributed by atoms with van der Waals surface area (Å²) in [5, 5.41) is 16.0. The van der Waals surface area contributed by atoms with Crippen molar-refractivity contribution in [2.24, 2.45) is 0 Å². The first-order valence-electron chi connectivity index (χ1n) is 5.97. The molecule has 6 heteroatoms. The molecule has 0 aliphatic heterocycles. The van der Waals surface area contributed by atoms with Crippen LogP contribution in [0, 0.1) is 0 Å². The molecule has 19 heavy (non-hydrogen) atoms. The molecule has 1 N–H and O–H groups in total. The SMILES string of the molecule is CC(OCCn1cc(C(=O)O)nn1)c1ccccc1. The van der Waals surface area contributed by atoms with Gasteiger partial charge in [0.05, 0.1) is 25.5 Å². The molecule has 0 spiro atoms. The van der Waals surface area contributed by atoms with Crippen LogP contribution < -0.4 is 0 Å². The third-order valence-corrected chi connectivity index (χ3v) is 2.71. The van der Waals surface area contributed by atoms with Gasteiger partial charge in [-0.3, -0.25) is 0 Å². The molecule has 1 heterocycles. The molecule has 0 bridgehead atoms. The highest BCUT2D eigenvalue weighted by Gasteiger charge is 2.09. The molecule has 0 amide bonds. The summed E-state index contributed by atoms with van der Waals surface area (Å²) in [6.07, 6.45) is 1.38. The summed E-state index contributed by atoms with van der Waals surface area (Å²) >= 11 is 0.